The van der Waals surface area contributed by atoms with Crippen LogP contribution in [0.2, 0.25) is 0 Å². The predicted molar refractivity (Wildman–Crippen MR) is 79.3 cm³/mol. The van der Waals surface area contributed by atoms with Gasteiger partial charge in [0.25, 0.3) is 0 Å². The van der Waals surface area contributed by atoms with Gasteiger partial charge in [-0.1, -0.05) is 83.5 Å². The topological polar surface area (TPSA) is 0 Å². The van der Waals surface area contributed by atoms with Gasteiger partial charge in [0.05, 0.1) is 0 Å². The Labute approximate surface area is 114 Å². The van der Waals surface area contributed by atoms with Crippen molar-refractivity contribution in [2.24, 2.45) is 0 Å². The molecular formula is C16H29Cl. The Kier molecular flexibility index (Phi) is 15.7. The smallest absolute Gasteiger partial charge is 0.0101 e. The molecule has 17 heavy (non-hydrogen) atoms. The molecule has 0 unspecified atom stereocenters. The zero-order valence-corrected chi connectivity index (χ0v) is 12.3. The van der Waals surface area contributed by atoms with Crippen molar-refractivity contribution in [3.63, 3.8) is 0 Å². The minimum atomic E-state index is 0.973. The van der Waals surface area contributed by atoms with Crippen molar-refractivity contribution in [3.05, 3.63) is 0 Å². The molecule has 0 atom stereocenters. The highest BCUT2D eigenvalue weighted by molar-refractivity contribution is 6.30. The van der Waals surface area contributed by atoms with E-state index in [2.05, 4.69) is 18.2 Å². The van der Waals surface area contributed by atoms with Crippen molar-refractivity contribution in [1.82, 2.24) is 0 Å². The molecule has 0 nitrogen and oxygen atoms in total. The Morgan fingerprint density at radius 2 is 1.06 bits per heavy atom. The average Bonchev–Trinajstić information content (AvgIpc) is 2.35. The third-order valence-electron chi connectivity index (χ3n) is 3.22. The van der Waals surface area contributed by atoms with Gasteiger partial charge in [0.1, 0.15) is 0 Å². The summed E-state index contributed by atoms with van der Waals surface area (Å²) >= 11 is 5.28. The van der Waals surface area contributed by atoms with Crippen molar-refractivity contribution in [2.45, 2.75) is 90.4 Å². The van der Waals surface area contributed by atoms with Gasteiger partial charge >= 0.3 is 0 Å². The summed E-state index contributed by atoms with van der Waals surface area (Å²) in [5.74, 6) is 2.90. The third kappa shape index (κ3) is 15.9. The molecule has 0 saturated carbocycles. The molecular weight excluding hydrogens is 228 g/mol. The molecule has 0 aliphatic rings. The summed E-state index contributed by atoms with van der Waals surface area (Å²) in [5.41, 5.74) is 0. The van der Waals surface area contributed by atoms with Crippen LogP contribution in [0.3, 0.4) is 0 Å². The molecule has 0 aliphatic carbocycles. The summed E-state index contributed by atoms with van der Waals surface area (Å²) in [6.45, 7) is 2.28. The lowest BCUT2D eigenvalue weighted by Gasteiger charge is -2.01. The molecule has 0 saturated heterocycles. The molecule has 0 heterocycles. The van der Waals surface area contributed by atoms with Crippen LogP contribution >= 0.6 is 11.6 Å². The molecule has 0 amide bonds. The molecule has 0 rings (SSSR count). The standard InChI is InChI=1S/C16H29Cl/c1-2-3-4-5-6-7-8-9-10-11-12-13-14-15-16-17/h2-14H2,1H3. The van der Waals surface area contributed by atoms with E-state index in [0.717, 1.165) is 6.42 Å². The van der Waals surface area contributed by atoms with Crippen molar-refractivity contribution >= 4 is 11.6 Å². The van der Waals surface area contributed by atoms with E-state index >= 15 is 0 Å². The highest BCUT2D eigenvalue weighted by atomic mass is 35.5. The van der Waals surface area contributed by atoms with E-state index in [1.54, 1.807) is 0 Å². The Morgan fingerprint density at radius 3 is 1.47 bits per heavy atom. The van der Waals surface area contributed by atoms with Gasteiger partial charge < -0.3 is 0 Å². The monoisotopic (exact) mass is 256 g/mol. The highest BCUT2D eigenvalue weighted by Crippen LogP contribution is 2.12. The van der Waals surface area contributed by atoms with Crippen molar-refractivity contribution < 1.29 is 0 Å². The van der Waals surface area contributed by atoms with Gasteiger partial charge in [0.2, 0.25) is 0 Å². The maximum Gasteiger partial charge on any atom is 0.0101 e. The fraction of sp³-hybridized carbons (Fsp3) is 0.875. The normalized spacial score (nSPS) is 10.0. The van der Waals surface area contributed by atoms with Crippen molar-refractivity contribution in [3.8, 4) is 11.3 Å². The third-order valence-corrected chi connectivity index (χ3v) is 3.36. The van der Waals surface area contributed by atoms with E-state index in [1.165, 1.54) is 77.0 Å². The first-order valence-electron chi connectivity index (χ1n) is 7.50. The minimum Gasteiger partial charge on any atom is -0.0859 e. The molecule has 1 heteroatoms. The molecule has 0 fully saturated rings. The largest absolute Gasteiger partial charge is 0.0859 e. The first-order valence-corrected chi connectivity index (χ1v) is 7.88. The Bertz CT molecular complexity index is 187. The number of unbranched alkanes of at least 4 members (excludes halogenated alkanes) is 12. The van der Waals surface area contributed by atoms with Crippen LogP contribution in [0.15, 0.2) is 0 Å². The predicted octanol–water partition coefficient (Wildman–Crippen LogP) is 6.28. The molecule has 0 aromatic rings. The van der Waals surface area contributed by atoms with Crippen LogP contribution in [-0.4, -0.2) is 0 Å². The van der Waals surface area contributed by atoms with Crippen LogP contribution < -0.4 is 0 Å². The van der Waals surface area contributed by atoms with Gasteiger partial charge in [0, 0.05) is 11.8 Å². The zero-order valence-electron chi connectivity index (χ0n) is 11.6. The summed E-state index contributed by atoms with van der Waals surface area (Å²) in [7, 11) is 0. The van der Waals surface area contributed by atoms with E-state index in [4.69, 9.17) is 11.6 Å². The second-order valence-corrected chi connectivity index (χ2v) is 5.10. The van der Waals surface area contributed by atoms with Crippen molar-refractivity contribution in [1.29, 1.82) is 0 Å². The minimum absolute atomic E-state index is 0.973. The maximum absolute atomic E-state index is 5.28. The molecule has 0 aliphatic heterocycles. The van der Waals surface area contributed by atoms with Crippen LogP contribution in [-0.2, 0) is 0 Å². The average molecular weight is 257 g/mol. The number of rotatable bonds is 12. The van der Waals surface area contributed by atoms with Crippen LogP contribution in [0.4, 0.5) is 0 Å². The maximum atomic E-state index is 5.28. The Morgan fingerprint density at radius 1 is 0.647 bits per heavy atom. The van der Waals surface area contributed by atoms with E-state index in [0.29, 0.717) is 0 Å². The molecule has 0 aromatic heterocycles. The first-order chi connectivity index (χ1) is 8.41. The van der Waals surface area contributed by atoms with E-state index < -0.39 is 0 Å². The molecule has 0 aromatic carbocycles. The second-order valence-electron chi connectivity index (χ2n) is 4.91. The van der Waals surface area contributed by atoms with Crippen LogP contribution in [0.1, 0.15) is 90.4 Å². The van der Waals surface area contributed by atoms with Gasteiger partial charge in [-0.15, -0.1) is 0 Å². The summed E-state index contributed by atoms with van der Waals surface area (Å²) in [4.78, 5) is 0. The number of hydrogen-bond donors (Lipinski definition) is 0. The summed E-state index contributed by atoms with van der Waals surface area (Å²) in [6.07, 6.45) is 17.7. The molecule has 0 bridgehead atoms. The lowest BCUT2D eigenvalue weighted by molar-refractivity contribution is 0.545. The fourth-order valence-corrected chi connectivity index (χ4v) is 2.20. The number of halogens is 1. The van der Waals surface area contributed by atoms with E-state index in [9.17, 15) is 0 Å². The Hall–Kier alpha value is -0.150. The summed E-state index contributed by atoms with van der Waals surface area (Å²) in [6, 6.07) is 0. The quantitative estimate of drug-likeness (QED) is 0.285. The van der Waals surface area contributed by atoms with Crippen molar-refractivity contribution in [2.75, 3.05) is 0 Å². The Balaban J connectivity index is 2.91. The van der Waals surface area contributed by atoms with Gasteiger partial charge in [-0.05, 0) is 18.0 Å². The molecule has 0 radical (unpaired) electrons. The zero-order chi connectivity index (χ0) is 12.6. The van der Waals surface area contributed by atoms with Crippen LogP contribution in [0.5, 0.6) is 0 Å². The van der Waals surface area contributed by atoms with Gasteiger partial charge in [0.15, 0.2) is 0 Å². The lowest BCUT2D eigenvalue weighted by Crippen LogP contribution is -1.82. The molecule has 0 spiro atoms. The molecule has 100 valence electrons. The van der Waals surface area contributed by atoms with Gasteiger partial charge in [-0.25, -0.2) is 0 Å². The van der Waals surface area contributed by atoms with Crippen LogP contribution in [0, 0.1) is 11.3 Å². The van der Waals surface area contributed by atoms with E-state index in [1.807, 2.05) is 0 Å². The highest BCUT2D eigenvalue weighted by Gasteiger charge is 1.92. The first kappa shape index (κ1) is 16.9. The summed E-state index contributed by atoms with van der Waals surface area (Å²) in [5, 5.41) is 2.43. The number of hydrogen-bond acceptors (Lipinski definition) is 0. The summed E-state index contributed by atoms with van der Waals surface area (Å²) < 4.78 is 0. The van der Waals surface area contributed by atoms with Gasteiger partial charge in [-0.3, -0.25) is 0 Å². The molecule has 0 N–H and O–H groups in total. The second kappa shape index (κ2) is 15.9. The van der Waals surface area contributed by atoms with E-state index in [-0.39, 0.29) is 0 Å². The SMILES string of the molecule is CCCCCCCCCCCCCCC#CCl. The van der Waals surface area contributed by atoms with Gasteiger partial charge in [-0.2, -0.15) is 0 Å². The lowest BCUT2D eigenvalue weighted by atomic mass is 10.0. The van der Waals surface area contributed by atoms with Crippen LogP contribution in [0.25, 0.3) is 0 Å². The fourth-order valence-electron chi connectivity index (χ4n) is 2.10.